The minimum atomic E-state index is -0.144. The number of amides is 1. The van der Waals surface area contributed by atoms with Crippen molar-refractivity contribution in [2.45, 2.75) is 19.3 Å². The molecule has 0 spiro atoms. The summed E-state index contributed by atoms with van der Waals surface area (Å²) in [5.74, 6) is 1.29. The molecule has 0 saturated carbocycles. The van der Waals surface area contributed by atoms with Crippen LogP contribution in [0.25, 0.3) is 0 Å². The molecular weight excluding hydrogens is 348 g/mol. The van der Waals surface area contributed by atoms with Crippen molar-refractivity contribution in [3.63, 3.8) is 0 Å². The summed E-state index contributed by atoms with van der Waals surface area (Å²) in [6, 6.07) is 7.56. The molecule has 0 atom stereocenters. The first-order valence-electron chi connectivity index (χ1n) is 8.53. The van der Waals surface area contributed by atoms with Crippen LogP contribution in [0.15, 0.2) is 42.9 Å². The monoisotopic (exact) mass is 366 g/mol. The molecule has 4 heterocycles. The molecule has 8 heteroatoms. The molecule has 1 aliphatic heterocycles. The molecule has 0 saturated heterocycles. The second-order valence-corrected chi connectivity index (χ2v) is 6.98. The van der Waals surface area contributed by atoms with Gasteiger partial charge in [-0.05, 0) is 31.0 Å². The van der Waals surface area contributed by atoms with Gasteiger partial charge in [0.05, 0.1) is 0 Å². The van der Waals surface area contributed by atoms with E-state index in [0.29, 0.717) is 23.9 Å². The smallest absolute Gasteiger partial charge is 0.280 e. The van der Waals surface area contributed by atoms with Crippen molar-refractivity contribution in [2.24, 2.45) is 0 Å². The Bertz CT molecular complexity index is 883. The van der Waals surface area contributed by atoms with Crippen molar-refractivity contribution < 1.29 is 4.79 Å². The summed E-state index contributed by atoms with van der Waals surface area (Å²) >= 11 is 1.45. The molecule has 1 aliphatic rings. The lowest BCUT2D eigenvalue weighted by Crippen LogP contribution is -2.27. The molecule has 0 aromatic carbocycles. The normalized spacial score (nSPS) is 13.3. The third kappa shape index (κ3) is 3.55. The van der Waals surface area contributed by atoms with Crippen molar-refractivity contribution in [3.05, 3.63) is 58.4 Å². The molecule has 3 aromatic rings. The topological polar surface area (TPSA) is 83.9 Å². The second kappa shape index (κ2) is 7.57. The Balaban J connectivity index is 1.45. The number of carbonyl (C=O) groups is 1. The minimum Gasteiger partial charge on any atom is -0.350 e. The molecule has 1 amide bonds. The molecule has 0 radical (unpaired) electrons. The van der Waals surface area contributed by atoms with Crippen molar-refractivity contribution in [1.29, 1.82) is 0 Å². The maximum absolute atomic E-state index is 12.5. The maximum atomic E-state index is 12.5. The third-order valence-corrected chi connectivity index (χ3v) is 5.20. The summed E-state index contributed by atoms with van der Waals surface area (Å²) in [6.07, 6.45) is 7.81. The number of nitrogens with one attached hydrogen (secondary N) is 1. The zero-order valence-corrected chi connectivity index (χ0v) is 14.9. The number of pyridine rings is 1. The number of aromatic nitrogens is 4. The zero-order valence-electron chi connectivity index (χ0n) is 14.1. The van der Waals surface area contributed by atoms with E-state index in [4.69, 9.17) is 0 Å². The molecule has 7 nitrogen and oxygen atoms in total. The Kier molecular flexibility index (Phi) is 4.83. The molecule has 0 fully saturated rings. The van der Waals surface area contributed by atoms with Crippen LogP contribution in [0.4, 0.5) is 11.8 Å². The van der Waals surface area contributed by atoms with Gasteiger partial charge in [0, 0.05) is 48.7 Å². The highest BCUT2D eigenvalue weighted by atomic mass is 32.1. The van der Waals surface area contributed by atoms with Gasteiger partial charge < -0.3 is 5.32 Å². The summed E-state index contributed by atoms with van der Waals surface area (Å²) in [6.45, 7) is 1.34. The van der Waals surface area contributed by atoms with E-state index in [0.717, 1.165) is 35.8 Å². The molecule has 4 rings (SSSR count). The van der Waals surface area contributed by atoms with E-state index in [1.165, 1.54) is 11.3 Å². The van der Waals surface area contributed by atoms with Crippen LogP contribution in [0.2, 0.25) is 0 Å². The van der Waals surface area contributed by atoms with Gasteiger partial charge in [-0.2, -0.15) is 0 Å². The Morgan fingerprint density at radius 2 is 2.00 bits per heavy atom. The minimum absolute atomic E-state index is 0.144. The number of anilines is 2. The third-order valence-electron chi connectivity index (χ3n) is 4.10. The van der Waals surface area contributed by atoms with Gasteiger partial charge in [0.25, 0.3) is 5.91 Å². The summed E-state index contributed by atoms with van der Waals surface area (Å²) in [5.41, 5.74) is 0.957. The van der Waals surface area contributed by atoms with Gasteiger partial charge in [-0.15, -0.1) is 11.3 Å². The van der Waals surface area contributed by atoms with E-state index in [-0.39, 0.29) is 5.91 Å². The predicted octanol–water partition coefficient (Wildman–Crippen LogP) is 2.38. The van der Waals surface area contributed by atoms with Crippen molar-refractivity contribution in [2.75, 3.05) is 18.0 Å². The zero-order chi connectivity index (χ0) is 17.8. The Labute approximate surface area is 155 Å². The van der Waals surface area contributed by atoms with E-state index in [2.05, 4.69) is 25.3 Å². The van der Waals surface area contributed by atoms with Gasteiger partial charge in [-0.3, -0.25) is 14.7 Å². The molecule has 3 aromatic heterocycles. The number of carbonyl (C=O) groups excluding carboxylic acids is 1. The maximum Gasteiger partial charge on any atom is 0.280 e. The average molecular weight is 366 g/mol. The number of thiazole rings is 1. The van der Waals surface area contributed by atoms with Crippen molar-refractivity contribution in [3.8, 4) is 0 Å². The van der Waals surface area contributed by atoms with Gasteiger partial charge in [-0.1, -0.05) is 6.07 Å². The predicted molar refractivity (Wildman–Crippen MR) is 99.7 cm³/mol. The van der Waals surface area contributed by atoms with Crippen LogP contribution in [0.1, 0.15) is 26.8 Å². The number of hydrogen-bond donors (Lipinski definition) is 1. The number of fused-ring (bicyclic) bond motifs is 1. The SMILES string of the molecule is O=C(NCCc1ccccn1)c1nc2c(s1)CCCN2c1ncccn1. The first-order valence-corrected chi connectivity index (χ1v) is 9.35. The summed E-state index contributed by atoms with van der Waals surface area (Å²) < 4.78 is 0. The molecule has 0 aliphatic carbocycles. The van der Waals surface area contributed by atoms with Crippen LogP contribution < -0.4 is 10.2 Å². The standard InChI is InChI=1S/C18H18N6OS/c25-16(20-11-7-13-5-1-2-8-19-13)17-23-15-14(26-17)6-3-12-24(15)18-21-9-4-10-22-18/h1-2,4-5,8-10H,3,6-7,11-12H2,(H,20,25). The lowest BCUT2D eigenvalue weighted by atomic mass is 10.2. The van der Waals surface area contributed by atoms with Gasteiger partial charge in [0.15, 0.2) is 10.8 Å². The quantitative estimate of drug-likeness (QED) is 0.746. The number of nitrogens with zero attached hydrogens (tertiary/aromatic N) is 5. The lowest BCUT2D eigenvalue weighted by molar-refractivity contribution is 0.0953. The van der Waals surface area contributed by atoms with Crippen LogP contribution in [0.3, 0.4) is 0 Å². The number of aryl methyl sites for hydroxylation is 1. The number of rotatable bonds is 5. The van der Waals surface area contributed by atoms with Gasteiger partial charge in [0.2, 0.25) is 5.95 Å². The first kappa shape index (κ1) is 16.6. The summed E-state index contributed by atoms with van der Waals surface area (Å²) in [7, 11) is 0. The average Bonchev–Trinajstić information content (AvgIpc) is 3.14. The van der Waals surface area contributed by atoms with Crippen LogP contribution >= 0.6 is 11.3 Å². The highest BCUT2D eigenvalue weighted by molar-refractivity contribution is 7.14. The Morgan fingerprint density at radius 3 is 2.81 bits per heavy atom. The Hall–Kier alpha value is -2.87. The van der Waals surface area contributed by atoms with Crippen LogP contribution in [0, 0.1) is 0 Å². The first-order chi connectivity index (χ1) is 12.8. The van der Waals surface area contributed by atoms with Crippen molar-refractivity contribution in [1.82, 2.24) is 25.3 Å². The summed E-state index contributed by atoms with van der Waals surface area (Å²) in [4.78, 5) is 33.0. The van der Waals surface area contributed by atoms with Gasteiger partial charge >= 0.3 is 0 Å². The molecule has 0 bridgehead atoms. The summed E-state index contributed by atoms with van der Waals surface area (Å²) in [5, 5.41) is 3.42. The van der Waals surface area contributed by atoms with Crippen LogP contribution in [-0.4, -0.2) is 38.9 Å². The van der Waals surface area contributed by atoms with Gasteiger partial charge in [-0.25, -0.2) is 15.0 Å². The lowest BCUT2D eigenvalue weighted by Gasteiger charge is -2.25. The van der Waals surface area contributed by atoms with Crippen LogP contribution in [-0.2, 0) is 12.8 Å². The molecule has 1 N–H and O–H groups in total. The molecule has 0 unspecified atom stereocenters. The van der Waals surface area contributed by atoms with E-state index < -0.39 is 0 Å². The second-order valence-electron chi connectivity index (χ2n) is 5.90. The fourth-order valence-electron chi connectivity index (χ4n) is 2.87. The van der Waals surface area contributed by atoms with E-state index >= 15 is 0 Å². The van der Waals surface area contributed by atoms with Crippen molar-refractivity contribution >= 4 is 29.0 Å². The van der Waals surface area contributed by atoms with E-state index in [1.54, 1.807) is 24.7 Å². The molecule has 26 heavy (non-hydrogen) atoms. The van der Waals surface area contributed by atoms with E-state index in [9.17, 15) is 4.79 Å². The fraction of sp³-hybridized carbons (Fsp3) is 0.278. The van der Waals surface area contributed by atoms with Crippen LogP contribution in [0.5, 0.6) is 0 Å². The highest BCUT2D eigenvalue weighted by Crippen LogP contribution is 2.34. The van der Waals surface area contributed by atoms with E-state index in [1.807, 2.05) is 23.1 Å². The fourth-order valence-corrected chi connectivity index (χ4v) is 3.89. The molecular formula is C18H18N6OS. The Morgan fingerprint density at radius 1 is 1.15 bits per heavy atom. The largest absolute Gasteiger partial charge is 0.350 e. The number of hydrogen-bond acceptors (Lipinski definition) is 7. The highest BCUT2D eigenvalue weighted by Gasteiger charge is 2.26. The molecule has 132 valence electrons. The van der Waals surface area contributed by atoms with Gasteiger partial charge in [0.1, 0.15) is 0 Å².